The van der Waals surface area contributed by atoms with E-state index < -0.39 is 0 Å². The van der Waals surface area contributed by atoms with Crippen molar-refractivity contribution in [2.75, 3.05) is 18.5 Å². The lowest BCUT2D eigenvalue weighted by molar-refractivity contribution is 0.102. The van der Waals surface area contributed by atoms with Crippen LogP contribution in [0.1, 0.15) is 24.2 Å². The summed E-state index contributed by atoms with van der Waals surface area (Å²) in [5.41, 5.74) is 2.54. The van der Waals surface area contributed by atoms with Gasteiger partial charge in [-0.25, -0.2) is 0 Å². The molecule has 0 saturated carbocycles. The predicted molar refractivity (Wildman–Crippen MR) is 94.1 cm³/mol. The number of aromatic nitrogens is 2. The van der Waals surface area contributed by atoms with E-state index in [0.717, 1.165) is 17.2 Å². The van der Waals surface area contributed by atoms with Crippen molar-refractivity contribution in [3.05, 3.63) is 42.0 Å². The van der Waals surface area contributed by atoms with Gasteiger partial charge in [-0.05, 0) is 38.1 Å². The van der Waals surface area contributed by atoms with Crippen LogP contribution in [0.4, 0.5) is 5.69 Å². The number of hydrogen-bond donors (Lipinski definition) is 1. The Hall–Kier alpha value is -2.67. The molecule has 0 spiro atoms. The van der Waals surface area contributed by atoms with Crippen LogP contribution in [0.3, 0.4) is 0 Å². The van der Waals surface area contributed by atoms with Gasteiger partial charge in [-0.1, -0.05) is 6.07 Å². The third-order valence-electron chi connectivity index (χ3n) is 3.30. The van der Waals surface area contributed by atoms with Gasteiger partial charge in [0.1, 0.15) is 22.5 Å². The third kappa shape index (κ3) is 3.46. The monoisotopic (exact) mass is 343 g/mol. The SMILES string of the molecule is CCOc1cc(OCC)cc(C(=O)Nc2cccc3nsnc23)c1. The number of rotatable bonds is 6. The first-order chi connectivity index (χ1) is 11.7. The zero-order valence-electron chi connectivity index (χ0n) is 13.4. The molecule has 0 saturated heterocycles. The summed E-state index contributed by atoms with van der Waals surface area (Å²) in [5.74, 6) is 0.947. The van der Waals surface area contributed by atoms with Crippen molar-refractivity contribution in [1.82, 2.24) is 8.75 Å². The predicted octanol–water partition coefficient (Wildman–Crippen LogP) is 3.74. The molecule has 1 amide bonds. The minimum Gasteiger partial charge on any atom is -0.494 e. The summed E-state index contributed by atoms with van der Waals surface area (Å²) in [6.45, 7) is 4.81. The number of carbonyl (C=O) groups excluding carboxylic acids is 1. The molecular formula is C17H17N3O3S. The zero-order chi connectivity index (χ0) is 16.9. The molecule has 3 aromatic rings. The van der Waals surface area contributed by atoms with Gasteiger partial charge in [0.2, 0.25) is 0 Å². The second-order valence-corrected chi connectivity index (χ2v) is 5.48. The Morgan fingerprint density at radius 3 is 2.46 bits per heavy atom. The molecule has 1 aromatic heterocycles. The quantitative estimate of drug-likeness (QED) is 0.738. The number of amides is 1. The van der Waals surface area contributed by atoms with Crippen molar-refractivity contribution < 1.29 is 14.3 Å². The minimum absolute atomic E-state index is 0.252. The Bertz CT molecular complexity index is 839. The highest BCUT2D eigenvalue weighted by molar-refractivity contribution is 7.00. The number of anilines is 1. The average molecular weight is 343 g/mol. The van der Waals surface area contributed by atoms with Crippen LogP contribution in [-0.4, -0.2) is 27.9 Å². The highest BCUT2D eigenvalue weighted by Gasteiger charge is 2.13. The molecule has 124 valence electrons. The minimum atomic E-state index is -0.252. The topological polar surface area (TPSA) is 73.3 Å². The highest BCUT2D eigenvalue weighted by Crippen LogP contribution is 2.26. The summed E-state index contributed by atoms with van der Waals surface area (Å²) in [6, 6.07) is 10.7. The molecular weight excluding hydrogens is 326 g/mol. The second kappa shape index (κ2) is 7.27. The van der Waals surface area contributed by atoms with E-state index >= 15 is 0 Å². The van der Waals surface area contributed by atoms with Gasteiger partial charge in [-0.2, -0.15) is 8.75 Å². The molecule has 1 N–H and O–H groups in total. The number of carbonyl (C=O) groups is 1. The molecule has 0 aliphatic carbocycles. The Morgan fingerprint density at radius 1 is 1.08 bits per heavy atom. The maximum Gasteiger partial charge on any atom is 0.255 e. The third-order valence-corrected chi connectivity index (χ3v) is 3.84. The first-order valence-corrected chi connectivity index (χ1v) is 8.37. The van der Waals surface area contributed by atoms with E-state index in [1.165, 1.54) is 0 Å². The summed E-state index contributed by atoms with van der Waals surface area (Å²) in [5, 5.41) is 2.88. The Morgan fingerprint density at radius 2 is 1.79 bits per heavy atom. The van der Waals surface area contributed by atoms with E-state index in [0.29, 0.717) is 41.5 Å². The number of benzene rings is 2. The molecule has 0 atom stereocenters. The van der Waals surface area contributed by atoms with E-state index in [1.807, 2.05) is 26.0 Å². The number of nitrogens with one attached hydrogen (secondary N) is 1. The van der Waals surface area contributed by atoms with Crippen LogP contribution in [0.5, 0.6) is 11.5 Å². The largest absolute Gasteiger partial charge is 0.494 e. The maximum absolute atomic E-state index is 12.6. The van der Waals surface area contributed by atoms with Crippen molar-refractivity contribution in [3.63, 3.8) is 0 Å². The Labute approximate surface area is 143 Å². The number of fused-ring (bicyclic) bond motifs is 1. The van der Waals surface area contributed by atoms with Crippen LogP contribution in [-0.2, 0) is 0 Å². The molecule has 0 unspecified atom stereocenters. The molecule has 24 heavy (non-hydrogen) atoms. The highest BCUT2D eigenvalue weighted by atomic mass is 32.1. The number of hydrogen-bond acceptors (Lipinski definition) is 6. The molecule has 6 nitrogen and oxygen atoms in total. The molecule has 0 fully saturated rings. The van der Waals surface area contributed by atoms with Gasteiger partial charge in [0.05, 0.1) is 30.6 Å². The molecule has 2 aromatic carbocycles. The molecule has 0 aliphatic heterocycles. The second-order valence-electron chi connectivity index (χ2n) is 4.95. The summed E-state index contributed by atoms with van der Waals surface area (Å²) in [7, 11) is 0. The summed E-state index contributed by atoms with van der Waals surface area (Å²) in [4.78, 5) is 12.6. The van der Waals surface area contributed by atoms with Crippen LogP contribution in [0.2, 0.25) is 0 Å². The molecule has 1 heterocycles. The van der Waals surface area contributed by atoms with Gasteiger partial charge in [0, 0.05) is 11.6 Å². The maximum atomic E-state index is 12.6. The van der Waals surface area contributed by atoms with Crippen LogP contribution >= 0.6 is 11.7 Å². The normalized spacial score (nSPS) is 10.6. The molecule has 0 aliphatic rings. The fourth-order valence-electron chi connectivity index (χ4n) is 2.30. The van der Waals surface area contributed by atoms with Crippen molar-refractivity contribution >= 4 is 34.4 Å². The summed E-state index contributed by atoms with van der Waals surface area (Å²) in [6.07, 6.45) is 0. The lowest BCUT2D eigenvalue weighted by Crippen LogP contribution is -2.13. The fourth-order valence-corrected chi connectivity index (χ4v) is 2.85. The lowest BCUT2D eigenvalue weighted by Gasteiger charge is -2.11. The van der Waals surface area contributed by atoms with Crippen molar-refractivity contribution in [1.29, 1.82) is 0 Å². The first-order valence-electron chi connectivity index (χ1n) is 7.64. The first kappa shape index (κ1) is 16.2. The van der Waals surface area contributed by atoms with Crippen molar-refractivity contribution in [3.8, 4) is 11.5 Å². The van der Waals surface area contributed by atoms with Crippen LogP contribution < -0.4 is 14.8 Å². The zero-order valence-corrected chi connectivity index (χ0v) is 14.2. The lowest BCUT2D eigenvalue weighted by atomic mass is 10.1. The van der Waals surface area contributed by atoms with Gasteiger partial charge in [-0.15, -0.1) is 0 Å². The van der Waals surface area contributed by atoms with Gasteiger partial charge >= 0.3 is 0 Å². The van der Waals surface area contributed by atoms with Crippen LogP contribution in [0, 0.1) is 0 Å². The van der Waals surface area contributed by atoms with Crippen LogP contribution in [0.15, 0.2) is 36.4 Å². The van der Waals surface area contributed by atoms with Gasteiger partial charge in [0.25, 0.3) is 5.91 Å². The Balaban J connectivity index is 1.90. The molecule has 0 bridgehead atoms. The van der Waals surface area contributed by atoms with E-state index in [2.05, 4.69) is 14.1 Å². The van der Waals surface area contributed by atoms with Crippen molar-refractivity contribution in [2.45, 2.75) is 13.8 Å². The number of nitrogens with zero attached hydrogens (tertiary/aromatic N) is 2. The summed E-state index contributed by atoms with van der Waals surface area (Å²) < 4.78 is 19.4. The number of ether oxygens (including phenoxy) is 2. The molecule has 0 radical (unpaired) electrons. The molecule has 3 rings (SSSR count). The standard InChI is InChI=1S/C17H17N3O3S/c1-3-22-12-8-11(9-13(10-12)23-4-2)17(21)18-14-6-5-7-15-16(14)20-24-19-15/h5-10H,3-4H2,1-2H3,(H,18,21). The van der Waals surface area contributed by atoms with E-state index in [9.17, 15) is 4.79 Å². The average Bonchev–Trinajstić information content (AvgIpc) is 3.05. The fraction of sp³-hybridized carbons (Fsp3) is 0.235. The van der Waals surface area contributed by atoms with Gasteiger partial charge in [-0.3, -0.25) is 4.79 Å². The summed E-state index contributed by atoms with van der Waals surface area (Å²) >= 11 is 1.12. The Kier molecular flexibility index (Phi) is 4.90. The van der Waals surface area contributed by atoms with Gasteiger partial charge in [0.15, 0.2) is 0 Å². The van der Waals surface area contributed by atoms with Gasteiger partial charge < -0.3 is 14.8 Å². The van der Waals surface area contributed by atoms with E-state index in [1.54, 1.807) is 24.3 Å². The van der Waals surface area contributed by atoms with E-state index in [4.69, 9.17) is 9.47 Å². The smallest absolute Gasteiger partial charge is 0.255 e. The van der Waals surface area contributed by atoms with Crippen LogP contribution in [0.25, 0.3) is 11.0 Å². The molecule has 7 heteroatoms. The van der Waals surface area contributed by atoms with Crippen molar-refractivity contribution in [2.24, 2.45) is 0 Å². The van der Waals surface area contributed by atoms with E-state index in [-0.39, 0.29) is 5.91 Å².